The molecule has 0 N–H and O–H groups in total. The Morgan fingerprint density at radius 2 is 2.00 bits per heavy atom. The number of ether oxygens (including phenoxy) is 4. The van der Waals surface area contributed by atoms with Gasteiger partial charge in [-0.25, -0.2) is 14.6 Å². The number of methoxy groups -OCH3 is 1. The quantitative estimate of drug-likeness (QED) is 0.253. The van der Waals surface area contributed by atoms with Crippen molar-refractivity contribution in [3.63, 3.8) is 0 Å². The second-order valence-corrected chi connectivity index (χ2v) is 6.67. The number of aliphatic imine (C=N–C) groups is 1. The molecule has 0 unspecified atom stereocenters. The number of rotatable bonds is 8. The van der Waals surface area contributed by atoms with Crippen LogP contribution in [0, 0.1) is 10.1 Å². The van der Waals surface area contributed by atoms with Crippen LogP contribution < -0.4 is 9.47 Å². The number of carbonyl (C=O) groups excluding carboxylic acids is 2. The highest BCUT2D eigenvalue weighted by molar-refractivity contribution is 6.34. The minimum absolute atomic E-state index is 0.0340. The summed E-state index contributed by atoms with van der Waals surface area (Å²) in [5.41, 5.74) is 0.415. The van der Waals surface area contributed by atoms with Gasteiger partial charge in [0.05, 0.1) is 29.2 Å². The Hall–Kier alpha value is -3.92. The van der Waals surface area contributed by atoms with Crippen LogP contribution in [0.3, 0.4) is 0 Å². The summed E-state index contributed by atoms with van der Waals surface area (Å²) in [4.78, 5) is 38.2. The average molecular weight is 461 g/mol. The van der Waals surface area contributed by atoms with Gasteiger partial charge >= 0.3 is 11.9 Å². The Balaban J connectivity index is 1.91. The summed E-state index contributed by atoms with van der Waals surface area (Å²) in [6.45, 7) is 1.83. The molecule has 1 heterocycles. The summed E-state index contributed by atoms with van der Waals surface area (Å²) in [7, 11) is 1.25. The van der Waals surface area contributed by atoms with Crippen molar-refractivity contribution in [1.29, 1.82) is 0 Å². The number of halogens is 1. The number of benzene rings is 2. The summed E-state index contributed by atoms with van der Waals surface area (Å²) in [6, 6.07) is 8.54. The summed E-state index contributed by atoms with van der Waals surface area (Å²) < 4.78 is 20.6. The second-order valence-electron chi connectivity index (χ2n) is 6.26. The predicted molar refractivity (Wildman–Crippen MR) is 114 cm³/mol. The van der Waals surface area contributed by atoms with E-state index >= 15 is 0 Å². The summed E-state index contributed by atoms with van der Waals surface area (Å²) in [5.74, 6) is -0.761. The molecule has 0 atom stereocenters. The zero-order chi connectivity index (χ0) is 23.3. The van der Waals surface area contributed by atoms with Gasteiger partial charge in [0.2, 0.25) is 5.90 Å². The van der Waals surface area contributed by atoms with Crippen LogP contribution in [0.4, 0.5) is 5.69 Å². The highest BCUT2D eigenvalue weighted by atomic mass is 35.5. The van der Waals surface area contributed by atoms with E-state index in [9.17, 15) is 19.7 Å². The first-order valence-corrected chi connectivity index (χ1v) is 9.63. The molecular weight excluding hydrogens is 444 g/mol. The van der Waals surface area contributed by atoms with Crippen LogP contribution in [0.15, 0.2) is 47.1 Å². The van der Waals surface area contributed by atoms with E-state index in [2.05, 4.69) is 9.73 Å². The maximum absolute atomic E-state index is 12.3. The van der Waals surface area contributed by atoms with Crippen molar-refractivity contribution in [3.8, 4) is 11.5 Å². The smallest absolute Gasteiger partial charge is 0.363 e. The number of hydrogen-bond donors (Lipinski definition) is 0. The Morgan fingerprint density at radius 1 is 1.22 bits per heavy atom. The van der Waals surface area contributed by atoms with E-state index in [1.165, 1.54) is 31.4 Å². The molecule has 3 rings (SSSR count). The second kappa shape index (κ2) is 9.92. The van der Waals surface area contributed by atoms with E-state index in [1.54, 1.807) is 25.1 Å². The van der Waals surface area contributed by atoms with Crippen molar-refractivity contribution in [2.45, 2.75) is 6.92 Å². The lowest BCUT2D eigenvalue weighted by Gasteiger charge is -2.11. The number of non-ortho nitro benzene ring substituents is 1. The topological polar surface area (TPSA) is 127 Å². The molecule has 2 aromatic rings. The fourth-order valence-electron chi connectivity index (χ4n) is 2.67. The van der Waals surface area contributed by atoms with Crippen LogP contribution in [-0.2, 0) is 19.1 Å². The molecular formula is C21H17ClN2O8. The molecule has 0 radical (unpaired) electrons. The van der Waals surface area contributed by atoms with Gasteiger partial charge in [-0.05, 0) is 36.8 Å². The first-order valence-electron chi connectivity index (χ1n) is 9.25. The fraction of sp³-hybridized carbons (Fsp3) is 0.190. The number of carbonyl (C=O) groups is 2. The van der Waals surface area contributed by atoms with Crippen molar-refractivity contribution < 1.29 is 33.5 Å². The lowest BCUT2D eigenvalue weighted by molar-refractivity contribution is -0.384. The minimum atomic E-state index is -0.744. The summed E-state index contributed by atoms with van der Waals surface area (Å²) in [6.07, 6.45) is 1.45. The molecule has 0 aliphatic carbocycles. The van der Waals surface area contributed by atoms with E-state index in [1.807, 2.05) is 0 Å². The Labute approximate surface area is 187 Å². The Morgan fingerprint density at radius 3 is 2.69 bits per heavy atom. The standard InChI is InChI=1S/C21H17ClN2O8/c1-3-30-18-9-12(4-7-17(18)31-11-19(25)29-2)8-16-21(26)32-20(23-16)14-10-13(24(27)28)5-6-15(14)22/h4-10H,3,11H2,1-2H3/b16-8-. The van der Waals surface area contributed by atoms with Gasteiger partial charge in [0.1, 0.15) is 0 Å². The minimum Gasteiger partial charge on any atom is -0.490 e. The van der Waals surface area contributed by atoms with Crippen LogP contribution in [-0.4, -0.2) is 43.1 Å². The monoisotopic (exact) mass is 460 g/mol. The van der Waals surface area contributed by atoms with E-state index in [4.69, 9.17) is 25.8 Å². The molecule has 0 aromatic heterocycles. The Kier molecular flexibility index (Phi) is 7.06. The third kappa shape index (κ3) is 5.22. The molecule has 2 aromatic carbocycles. The first kappa shape index (κ1) is 22.8. The fourth-order valence-corrected chi connectivity index (χ4v) is 2.87. The maximum Gasteiger partial charge on any atom is 0.363 e. The molecule has 0 saturated heterocycles. The summed E-state index contributed by atoms with van der Waals surface area (Å²) in [5, 5.41) is 11.2. The third-order valence-electron chi connectivity index (χ3n) is 4.16. The van der Waals surface area contributed by atoms with E-state index < -0.39 is 16.9 Å². The molecule has 0 bridgehead atoms. The van der Waals surface area contributed by atoms with Crippen LogP contribution >= 0.6 is 11.6 Å². The van der Waals surface area contributed by atoms with Crippen molar-refractivity contribution in [2.75, 3.05) is 20.3 Å². The molecule has 0 spiro atoms. The third-order valence-corrected chi connectivity index (χ3v) is 4.49. The number of esters is 2. The summed E-state index contributed by atoms with van der Waals surface area (Å²) >= 11 is 6.09. The van der Waals surface area contributed by atoms with Gasteiger partial charge < -0.3 is 18.9 Å². The zero-order valence-electron chi connectivity index (χ0n) is 17.0. The highest BCUT2D eigenvalue weighted by Gasteiger charge is 2.27. The Bertz CT molecular complexity index is 1140. The maximum atomic E-state index is 12.3. The van der Waals surface area contributed by atoms with Gasteiger partial charge in [0.25, 0.3) is 5.69 Å². The van der Waals surface area contributed by atoms with Gasteiger partial charge in [-0.15, -0.1) is 0 Å². The SMILES string of the molecule is CCOc1cc(/C=C2\N=C(c3cc([N+](=O)[O-])ccc3Cl)OC2=O)ccc1OCC(=O)OC. The van der Waals surface area contributed by atoms with E-state index in [-0.39, 0.29) is 34.5 Å². The zero-order valence-corrected chi connectivity index (χ0v) is 17.7. The van der Waals surface area contributed by atoms with Crippen LogP contribution in [0.1, 0.15) is 18.1 Å². The van der Waals surface area contributed by atoms with Gasteiger partial charge in [-0.2, -0.15) is 0 Å². The number of nitrogens with zero attached hydrogens (tertiary/aromatic N) is 2. The molecule has 11 heteroatoms. The molecule has 32 heavy (non-hydrogen) atoms. The lowest BCUT2D eigenvalue weighted by atomic mass is 10.1. The molecule has 10 nitrogen and oxygen atoms in total. The van der Waals surface area contributed by atoms with Crippen molar-refractivity contribution >= 4 is 41.2 Å². The van der Waals surface area contributed by atoms with Crippen LogP contribution in [0.2, 0.25) is 5.02 Å². The van der Waals surface area contributed by atoms with Gasteiger partial charge in [-0.3, -0.25) is 10.1 Å². The largest absolute Gasteiger partial charge is 0.490 e. The highest BCUT2D eigenvalue weighted by Crippen LogP contribution is 2.31. The molecule has 0 fully saturated rings. The van der Waals surface area contributed by atoms with Crippen molar-refractivity contribution in [1.82, 2.24) is 0 Å². The molecule has 166 valence electrons. The van der Waals surface area contributed by atoms with E-state index in [0.717, 1.165) is 0 Å². The predicted octanol–water partition coefficient (Wildman–Crippen LogP) is 3.54. The van der Waals surface area contributed by atoms with Gasteiger partial charge in [0.15, 0.2) is 23.8 Å². The number of hydrogen-bond acceptors (Lipinski definition) is 9. The first-order chi connectivity index (χ1) is 15.3. The van der Waals surface area contributed by atoms with Crippen molar-refractivity contribution in [2.24, 2.45) is 4.99 Å². The number of cyclic esters (lactones) is 1. The number of nitro groups is 1. The molecule has 0 amide bonds. The van der Waals surface area contributed by atoms with Crippen LogP contribution in [0.5, 0.6) is 11.5 Å². The van der Waals surface area contributed by atoms with Gasteiger partial charge in [0, 0.05) is 12.1 Å². The van der Waals surface area contributed by atoms with Crippen LogP contribution in [0.25, 0.3) is 6.08 Å². The van der Waals surface area contributed by atoms with Crippen molar-refractivity contribution in [3.05, 3.63) is 68.4 Å². The molecule has 1 aliphatic heterocycles. The van der Waals surface area contributed by atoms with Gasteiger partial charge in [-0.1, -0.05) is 17.7 Å². The average Bonchev–Trinajstić information content (AvgIpc) is 3.13. The lowest BCUT2D eigenvalue weighted by Crippen LogP contribution is -2.13. The van der Waals surface area contributed by atoms with E-state index in [0.29, 0.717) is 23.7 Å². The number of nitro benzene ring substituents is 1. The molecule has 0 saturated carbocycles. The normalized spacial score (nSPS) is 14.0. The molecule has 1 aliphatic rings.